The first-order valence-corrected chi connectivity index (χ1v) is 11.1. The molecule has 4 aromatic rings. The monoisotopic (exact) mass is 453 g/mol. The molecule has 8 nitrogen and oxygen atoms in total. The number of fused-ring (bicyclic) bond motifs is 1. The molecule has 0 atom stereocenters. The highest BCUT2D eigenvalue weighted by Crippen LogP contribution is 2.31. The van der Waals surface area contributed by atoms with Crippen molar-refractivity contribution in [3.8, 4) is 5.69 Å². The van der Waals surface area contributed by atoms with Crippen LogP contribution >= 0.6 is 0 Å². The molecule has 0 radical (unpaired) electrons. The summed E-state index contributed by atoms with van der Waals surface area (Å²) in [6.45, 7) is 1.72. The molecule has 0 bridgehead atoms. The van der Waals surface area contributed by atoms with Gasteiger partial charge in [0.1, 0.15) is 0 Å². The molecule has 3 aromatic carbocycles. The smallest absolute Gasteiger partial charge is 0.279 e. The fourth-order valence-electron chi connectivity index (χ4n) is 4.31. The third-order valence-electron chi connectivity index (χ3n) is 6.00. The summed E-state index contributed by atoms with van der Waals surface area (Å²) < 4.78 is 1.23. The molecule has 8 heteroatoms. The minimum absolute atomic E-state index is 0.107. The van der Waals surface area contributed by atoms with E-state index in [-0.39, 0.29) is 11.3 Å². The minimum atomic E-state index is -0.579. The largest absolute Gasteiger partial charge is 0.370 e. The zero-order chi connectivity index (χ0) is 23.7. The Hall–Kier alpha value is -4.46. The first-order chi connectivity index (χ1) is 16.5. The normalized spacial score (nSPS) is 13.2. The summed E-state index contributed by atoms with van der Waals surface area (Å²) in [5.74, 6) is -1.06. The number of nitrogens with two attached hydrogens (primary N) is 1. The third-order valence-corrected chi connectivity index (χ3v) is 6.00. The lowest BCUT2D eigenvalue weighted by molar-refractivity contribution is 0.0995. The molecule has 1 saturated heterocycles. The van der Waals surface area contributed by atoms with Crippen LogP contribution in [0.1, 0.15) is 33.7 Å². The molecule has 2 amide bonds. The molecule has 5 rings (SSSR count). The quantitative estimate of drug-likeness (QED) is 0.482. The van der Waals surface area contributed by atoms with Crippen LogP contribution in [0.4, 0.5) is 11.4 Å². The first kappa shape index (κ1) is 21.4. The van der Waals surface area contributed by atoms with Gasteiger partial charge in [0.2, 0.25) is 5.91 Å². The highest BCUT2D eigenvalue weighted by atomic mass is 16.2. The number of benzene rings is 3. The van der Waals surface area contributed by atoms with Gasteiger partial charge in [-0.1, -0.05) is 36.4 Å². The Labute approximate surface area is 195 Å². The first-order valence-electron chi connectivity index (χ1n) is 11.1. The molecule has 1 aliphatic heterocycles. The van der Waals surface area contributed by atoms with E-state index in [1.54, 1.807) is 66.7 Å². The molecular weight excluding hydrogens is 430 g/mol. The molecule has 170 valence electrons. The summed E-state index contributed by atoms with van der Waals surface area (Å²) in [5, 5.41) is 8.20. The van der Waals surface area contributed by atoms with Crippen molar-refractivity contribution in [2.75, 3.05) is 23.3 Å². The Morgan fingerprint density at radius 3 is 2.26 bits per heavy atom. The summed E-state index contributed by atoms with van der Waals surface area (Å²) in [6, 6.07) is 20.9. The average Bonchev–Trinajstić information content (AvgIpc) is 3.39. The third kappa shape index (κ3) is 3.90. The maximum absolute atomic E-state index is 13.5. The topological polar surface area (TPSA) is 110 Å². The van der Waals surface area contributed by atoms with Gasteiger partial charge in [-0.2, -0.15) is 9.78 Å². The van der Waals surface area contributed by atoms with Gasteiger partial charge in [0.05, 0.1) is 22.4 Å². The van der Waals surface area contributed by atoms with Crippen LogP contribution in [-0.2, 0) is 0 Å². The molecule has 0 spiro atoms. The minimum Gasteiger partial charge on any atom is -0.370 e. The Balaban J connectivity index is 1.62. The number of amides is 2. The van der Waals surface area contributed by atoms with Gasteiger partial charge < -0.3 is 16.0 Å². The van der Waals surface area contributed by atoms with Crippen molar-refractivity contribution in [2.24, 2.45) is 5.73 Å². The summed E-state index contributed by atoms with van der Waals surface area (Å²) in [4.78, 5) is 40.6. The molecule has 1 aromatic heterocycles. The number of anilines is 2. The van der Waals surface area contributed by atoms with Crippen molar-refractivity contribution >= 4 is 34.0 Å². The van der Waals surface area contributed by atoms with E-state index < -0.39 is 11.8 Å². The second-order valence-electron chi connectivity index (χ2n) is 8.19. The van der Waals surface area contributed by atoms with Crippen LogP contribution in [0.2, 0.25) is 0 Å². The van der Waals surface area contributed by atoms with Gasteiger partial charge in [-0.05, 0) is 49.2 Å². The van der Waals surface area contributed by atoms with Crippen molar-refractivity contribution in [1.29, 1.82) is 0 Å². The van der Waals surface area contributed by atoms with Crippen molar-refractivity contribution in [1.82, 2.24) is 9.78 Å². The van der Waals surface area contributed by atoms with Gasteiger partial charge in [0.15, 0.2) is 5.69 Å². The standard InChI is InChI=1S/C26H23N5O3/c27-24(32)17-12-13-22(30-14-6-7-15-30)21(16-17)28-25(33)23-19-10-4-5-11-20(19)26(34)31(29-23)18-8-2-1-3-9-18/h1-5,8-13,16H,6-7,14-15H2,(H2,27,32)(H,28,33). The second-order valence-corrected chi connectivity index (χ2v) is 8.19. The van der Waals surface area contributed by atoms with Gasteiger partial charge in [0, 0.05) is 24.0 Å². The lowest BCUT2D eigenvalue weighted by Gasteiger charge is -2.22. The molecule has 0 saturated carbocycles. The number of carbonyl (C=O) groups excluding carboxylic acids is 2. The van der Waals surface area contributed by atoms with Crippen molar-refractivity contribution in [3.05, 3.63) is 94.4 Å². The van der Waals surface area contributed by atoms with Crippen LogP contribution in [0.3, 0.4) is 0 Å². The molecule has 0 unspecified atom stereocenters. The number of hydrogen-bond donors (Lipinski definition) is 2. The SMILES string of the molecule is NC(=O)c1ccc(N2CCCC2)c(NC(=O)c2nn(-c3ccccc3)c(=O)c3ccccc23)c1. The van der Waals surface area contributed by atoms with E-state index in [1.807, 2.05) is 6.07 Å². The number of primary amides is 1. The van der Waals surface area contributed by atoms with Crippen molar-refractivity contribution in [3.63, 3.8) is 0 Å². The van der Waals surface area contributed by atoms with E-state index >= 15 is 0 Å². The lowest BCUT2D eigenvalue weighted by atomic mass is 10.1. The number of nitrogens with zero attached hydrogens (tertiary/aromatic N) is 3. The fraction of sp³-hybridized carbons (Fsp3) is 0.154. The van der Waals surface area contributed by atoms with E-state index in [9.17, 15) is 14.4 Å². The molecule has 0 aliphatic carbocycles. The Morgan fingerprint density at radius 2 is 1.56 bits per heavy atom. The summed E-state index contributed by atoms with van der Waals surface area (Å²) in [6.07, 6.45) is 2.11. The number of hydrogen-bond acceptors (Lipinski definition) is 5. The van der Waals surface area contributed by atoms with Crippen molar-refractivity contribution in [2.45, 2.75) is 12.8 Å². The van der Waals surface area contributed by atoms with E-state index in [2.05, 4.69) is 15.3 Å². The van der Waals surface area contributed by atoms with Gasteiger partial charge in [-0.15, -0.1) is 0 Å². The summed E-state index contributed by atoms with van der Waals surface area (Å²) in [5.41, 5.74) is 7.43. The molecule has 3 N–H and O–H groups in total. The number of aromatic nitrogens is 2. The van der Waals surface area contributed by atoms with Crippen LogP contribution in [0.5, 0.6) is 0 Å². The summed E-state index contributed by atoms with van der Waals surface area (Å²) >= 11 is 0. The maximum atomic E-state index is 13.5. The predicted octanol–water partition coefficient (Wildman–Crippen LogP) is 3.34. The molecular formula is C26H23N5O3. The lowest BCUT2D eigenvalue weighted by Crippen LogP contribution is -2.27. The average molecular weight is 454 g/mol. The van der Waals surface area contributed by atoms with Crippen molar-refractivity contribution < 1.29 is 9.59 Å². The zero-order valence-electron chi connectivity index (χ0n) is 18.4. The second kappa shape index (κ2) is 8.82. The van der Waals surface area contributed by atoms with Crippen LogP contribution < -0.4 is 21.5 Å². The van der Waals surface area contributed by atoms with Crippen LogP contribution in [0, 0.1) is 0 Å². The number of nitrogens with one attached hydrogen (secondary N) is 1. The number of rotatable bonds is 5. The van der Waals surface area contributed by atoms with Crippen LogP contribution in [-0.4, -0.2) is 34.7 Å². The molecule has 34 heavy (non-hydrogen) atoms. The van der Waals surface area contributed by atoms with Gasteiger partial charge in [0.25, 0.3) is 11.5 Å². The van der Waals surface area contributed by atoms with Gasteiger partial charge in [-0.3, -0.25) is 14.4 Å². The van der Waals surface area contributed by atoms with Crippen LogP contribution in [0.25, 0.3) is 16.5 Å². The summed E-state index contributed by atoms with van der Waals surface area (Å²) in [7, 11) is 0. The number of carbonyl (C=O) groups is 2. The van der Waals surface area contributed by atoms with Crippen LogP contribution in [0.15, 0.2) is 77.6 Å². The van der Waals surface area contributed by atoms with E-state index in [0.29, 0.717) is 27.7 Å². The van der Waals surface area contributed by atoms with Gasteiger partial charge in [-0.25, -0.2) is 0 Å². The Morgan fingerprint density at radius 1 is 0.882 bits per heavy atom. The molecule has 1 aliphatic rings. The van der Waals surface area contributed by atoms with E-state index in [4.69, 9.17) is 5.73 Å². The fourth-order valence-corrected chi connectivity index (χ4v) is 4.31. The number of para-hydroxylation sites is 1. The Bertz CT molecular complexity index is 1460. The van der Waals surface area contributed by atoms with Gasteiger partial charge >= 0.3 is 0 Å². The van der Waals surface area contributed by atoms with E-state index in [0.717, 1.165) is 31.6 Å². The molecule has 1 fully saturated rings. The Kier molecular flexibility index (Phi) is 5.55. The zero-order valence-corrected chi connectivity index (χ0v) is 18.4. The highest BCUT2D eigenvalue weighted by molar-refractivity contribution is 6.12. The van der Waals surface area contributed by atoms with E-state index in [1.165, 1.54) is 4.68 Å². The maximum Gasteiger partial charge on any atom is 0.279 e. The predicted molar refractivity (Wildman–Crippen MR) is 132 cm³/mol. The molecule has 2 heterocycles. The highest BCUT2D eigenvalue weighted by Gasteiger charge is 2.22.